The number of hydrogen-bond acceptors (Lipinski definition) is 5. The molecule has 0 unspecified atom stereocenters. The highest BCUT2D eigenvalue weighted by Crippen LogP contribution is 2.33. The predicted octanol–water partition coefficient (Wildman–Crippen LogP) is -0.789. The van der Waals surface area contributed by atoms with Gasteiger partial charge in [-0.05, 0) is 6.42 Å². The summed E-state index contributed by atoms with van der Waals surface area (Å²) >= 11 is 0. The van der Waals surface area contributed by atoms with Gasteiger partial charge in [0.05, 0.1) is 12.5 Å². The summed E-state index contributed by atoms with van der Waals surface area (Å²) in [4.78, 5) is 25.7. The molecule has 1 aliphatic heterocycles. The van der Waals surface area contributed by atoms with Gasteiger partial charge in [-0.2, -0.15) is 0 Å². The van der Waals surface area contributed by atoms with Crippen LogP contribution in [0.5, 0.6) is 0 Å². The van der Waals surface area contributed by atoms with Gasteiger partial charge in [0.15, 0.2) is 0 Å². The number of carboxylic acids is 1. The second kappa shape index (κ2) is 4.75. The summed E-state index contributed by atoms with van der Waals surface area (Å²) in [7, 11) is 0. The van der Waals surface area contributed by atoms with Gasteiger partial charge >= 0.3 is 6.09 Å². The average molecular weight is 240 g/mol. The maximum absolute atomic E-state index is 11.2. The van der Waals surface area contributed by atoms with Crippen LogP contribution in [-0.4, -0.2) is 40.7 Å². The van der Waals surface area contributed by atoms with Crippen LogP contribution in [0.15, 0.2) is 17.8 Å². The Morgan fingerprint density at radius 2 is 2.41 bits per heavy atom. The van der Waals surface area contributed by atoms with Crippen molar-refractivity contribution in [3.8, 4) is 0 Å². The number of allylic oxidation sites excluding steroid dienone is 1. The Morgan fingerprint density at radius 3 is 2.82 bits per heavy atom. The standard InChI is InChI=1S/C9H12N4O4/c1-2-3-6-4-13(8(16)17)5-9(6,7(14)15)11-12-10/h2,6,10H,1,3-5H2,(H-,14,15,16,17)/t6-,9-/m0/s1. The first-order chi connectivity index (χ1) is 7.97. The molecule has 1 aliphatic rings. The summed E-state index contributed by atoms with van der Waals surface area (Å²) in [5, 5.41) is 23.4. The molecule has 2 N–H and O–H groups in total. The van der Waals surface area contributed by atoms with Crippen molar-refractivity contribution in [2.24, 2.45) is 11.0 Å². The highest BCUT2D eigenvalue weighted by molar-refractivity contribution is 5.80. The fraction of sp³-hybridized carbons (Fsp3) is 0.556. The second-order valence-electron chi connectivity index (χ2n) is 3.80. The zero-order valence-electron chi connectivity index (χ0n) is 9.00. The second-order valence-corrected chi connectivity index (χ2v) is 3.80. The number of rotatable bonds is 4. The molecule has 92 valence electrons. The molecule has 1 rings (SSSR count). The maximum atomic E-state index is 11.2. The topological polar surface area (TPSA) is 131 Å². The van der Waals surface area contributed by atoms with Crippen LogP contribution in [0.4, 0.5) is 4.79 Å². The minimum Gasteiger partial charge on any atom is -0.547 e. The number of hydrogen-bond donors (Lipinski definition) is 2. The summed E-state index contributed by atoms with van der Waals surface area (Å²) in [5.74, 6) is -2.14. The molecular formula is C9H12N4O4. The largest absolute Gasteiger partial charge is 0.547 e. The van der Waals surface area contributed by atoms with Crippen molar-refractivity contribution in [3.63, 3.8) is 0 Å². The molecule has 0 bridgehead atoms. The van der Waals surface area contributed by atoms with E-state index in [1.807, 2.05) is 0 Å². The summed E-state index contributed by atoms with van der Waals surface area (Å²) < 4.78 is 0. The molecule has 0 aromatic carbocycles. The van der Waals surface area contributed by atoms with E-state index < -0.39 is 23.5 Å². The SMILES string of the molecule is C=CC[C@H]1CN(C(=O)O)C[C@@]1(N=[N+]=N)C(=O)[O-]. The summed E-state index contributed by atoms with van der Waals surface area (Å²) in [6.45, 7) is 3.13. The van der Waals surface area contributed by atoms with Gasteiger partial charge in [-0.15, -0.1) is 6.58 Å². The van der Waals surface area contributed by atoms with E-state index in [-0.39, 0.29) is 19.5 Å². The first-order valence-electron chi connectivity index (χ1n) is 4.86. The molecule has 0 aromatic heterocycles. The summed E-state index contributed by atoms with van der Waals surface area (Å²) in [6.07, 6.45) is 0.506. The van der Waals surface area contributed by atoms with Crippen LogP contribution < -0.4 is 10.0 Å². The van der Waals surface area contributed by atoms with E-state index in [1.165, 1.54) is 6.08 Å². The number of carbonyl (C=O) groups excluding carboxylic acids is 1. The van der Waals surface area contributed by atoms with Gasteiger partial charge in [-0.1, -0.05) is 6.08 Å². The Kier molecular flexibility index (Phi) is 3.59. The van der Waals surface area contributed by atoms with Gasteiger partial charge in [0.25, 0.3) is 0 Å². The van der Waals surface area contributed by atoms with E-state index >= 15 is 0 Å². The molecular weight excluding hydrogens is 228 g/mol. The van der Waals surface area contributed by atoms with Crippen LogP contribution in [0.2, 0.25) is 0 Å². The minimum absolute atomic E-state index is 0.00829. The maximum Gasteiger partial charge on any atom is 0.407 e. The van der Waals surface area contributed by atoms with E-state index in [0.29, 0.717) is 0 Å². The normalized spacial score (nSPS) is 27.3. The van der Waals surface area contributed by atoms with Crippen molar-refractivity contribution in [1.29, 1.82) is 5.53 Å². The van der Waals surface area contributed by atoms with Crippen LogP contribution in [0.3, 0.4) is 0 Å². The fourth-order valence-electron chi connectivity index (χ4n) is 1.99. The molecule has 1 amide bonds. The lowest BCUT2D eigenvalue weighted by Crippen LogP contribution is -2.53. The van der Waals surface area contributed by atoms with E-state index in [9.17, 15) is 14.7 Å². The number of amides is 1. The molecule has 1 fully saturated rings. The highest BCUT2D eigenvalue weighted by Gasteiger charge is 2.53. The lowest BCUT2D eigenvalue weighted by Gasteiger charge is -2.23. The summed E-state index contributed by atoms with van der Waals surface area (Å²) in [5.41, 5.74) is 4.87. The number of carbonyl (C=O) groups is 2. The van der Waals surface area contributed by atoms with Crippen molar-refractivity contribution in [2.75, 3.05) is 13.1 Å². The Bertz CT molecular complexity index is 400. The average Bonchev–Trinajstić information content (AvgIpc) is 2.60. The molecule has 0 aromatic rings. The zero-order valence-corrected chi connectivity index (χ0v) is 9.00. The van der Waals surface area contributed by atoms with E-state index in [4.69, 9.17) is 10.6 Å². The van der Waals surface area contributed by atoms with Gasteiger partial charge in [0, 0.05) is 12.5 Å². The number of nitrogens with zero attached hydrogens (tertiary/aromatic N) is 3. The van der Waals surface area contributed by atoms with Gasteiger partial charge in [-0.25, -0.2) is 4.79 Å². The smallest absolute Gasteiger partial charge is 0.407 e. The van der Waals surface area contributed by atoms with Gasteiger partial charge < -0.3 is 19.9 Å². The fourth-order valence-corrected chi connectivity index (χ4v) is 1.99. The summed E-state index contributed by atoms with van der Waals surface area (Å²) in [6, 6.07) is 0. The third-order valence-electron chi connectivity index (χ3n) is 2.85. The molecule has 17 heavy (non-hydrogen) atoms. The first kappa shape index (κ1) is 12.9. The molecule has 8 nitrogen and oxygen atoms in total. The number of likely N-dealkylation sites (tertiary alicyclic amines) is 1. The molecule has 8 heteroatoms. The van der Waals surface area contributed by atoms with Crippen LogP contribution in [0.25, 0.3) is 0 Å². The van der Waals surface area contributed by atoms with Crippen LogP contribution in [0, 0.1) is 11.4 Å². The van der Waals surface area contributed by atoms with Crippen molar-refractivity contribution >= 4 is 12.1 Å². The molecule has 0 saturated carbocycles. The first-order valence-corrected chi connectivity index (χ1v) is 4.86. The third kappa shape index (κ3) is 2.16. The van der Waals surface area contributed by atoms with Crippen molar-refractivity contribution < 1.29 is 19.8 Å². The zero-order chi connectivity index (χ0) is 13.1. The number of carboxylic acid groups (broad SMARTS) is 2. The Hall–Kier alpha value is -2.21. The van der Waals surface area contributed by atoms with E-state index in [0.717, 1.165) is 4.90 Å². The van der Waals surface area contributed by atoms with Crippen LogP contribution in [-0.2, 0) is 4.79 Å². The molecule has 1 saturated heterocycles. The van der Waals surface area contributed by atoms with Gasteiger partial charge in [0.2, 0.25) is 10.5 Å². The highest BCUT2D eigenvalue weighted by atomic mass is 16.4. The predicted molar refractivity (Wildman–Crippen MR) is 52.9 cm³/mol. The third-order valence-corrected chi connectivity index (χ3v) is 2.85. The Labute approximate surface area is 96.8 Å². The minimum atomic E-state index is -1.78. The lowest BCUT2D eigenvalue weighted by molar-refractivity contribution is -0.314. The van der Waals surface area contributed by atoms with Crippen molar-refractivity contribution in [3.05, 3.63) is 12.7 Å². The Morgan fingerprint density at radius 1 is 1.76 bits per heavy atom. The number of aliphatic carboxylic acids is 1. The van der Waals surface area contributed by atoms with Gasteiger partial charge in [-0.3, -0.25) is 0 Å². The van der Waals surface area contributed by atoms with Crippen LogP contribution >= 0.6 is 0 Å². The van der Waals surface area contributed by atoms with Crippen LogP contribution in [0.1, 0.15) is 6.42 Å². The molecule has 2 atom stereocenters. The molecule has 1 heterocycles. The monoisotopic (exact) mass is 240 g/mol. The molecule has 0 radical (unpaired) electrons. The quantitative estimate of drug-likeness (QED) is 0.378. The van der Waals surface area contributed by atoms with Crippen molar-refractivity contribution in [1.82, 2.24) is 9.81 Å². The van der Waals surface area contributed by atoms with E-state index in [2.05, 4.69) is 16.6 Å². The number of nitrogens with one attached hydrogen (secondary N) is 1. The van der Waals surface area contributed by atoms with Gasteiger partial charge in [0.1, 0.15) is 10.6 Å². The molecule has 0 spiro atoms. The lowest BCUT2D eigenvalue weighted by atomic mass is 9.85. The van der Waals surface area contributed by atoms with E-state index in [1.54, 1.807) is 0 Å². The Balaban J connectivity index is 3.14. The molecule has 0 aliphatic carbocycles. The van der Waals surface area contributed by atoms with Crippen molar-refractivity contribution in [2.45, 2.75) is 12.0 Å².